The largest absolute Gasteiger partial charge is 0.508 e. The smallest absolute Gasteiger partial charge is 0.232 e. The van der Waals surface area contributed by atoms with Crippen molar-refractivity contribution < 1.29 is 14.6 Å². The molecule has 4 rings (SSSR count). The lowest BCUT2D eigenvalue weighted by Gasteiger charge is -2.01. The number of hydrogen-bond donors (Lipinski definition) is 1. The number of benzene rings is 3. The molecule has 0 atom stereocenters. The first-order valence-corrected chi connectivity index (χ1v) is 6.97. The summed E-state index contributed by atoms with van der Waals surface area (Å²) in [4.78, 5) is 12.6. The third kappa shape index (κ3) is 1.95. The Bertz CT molecular complexity index is 938. The maximum absolute atomic E-state index is 12.6. The maximum Gasteiger partial charge on any atom is 0.232 e. The van der Waals surface area contributed by atoms with Crippen LogP contribution in [0.15, 0.2) is 66.4 Å². The molecule has 3 aromatic carbocycles. The van der Waals surface area contributed by atoms with Crippen molar-refractivity contribution in [1.82, 2.24) is 0 Å². The first kappa shape index (κ1) is 12.7. The molecule has 22 heavy (non-hydrogen) atoms. The number of hydrogen-bond acceptors (Lipinski definition) is 3. The molecule has 0 radical (unpaired) electrons. The van der Waals surface area contributed by atoms with Crippen LogP contribution >= 0.6 is 0 Å². The van der Waals surface area contributed by atoms with Gasteiger partial charge in [0, 0.05) is 0 Å². The van der Waals surface area contributed by atoms with Crippen molar-refractivity contribution in [2.75, 3.05) is 0 Å². The van der Waals surface area contributed by atoms with Crippen molar-refractivity contribution in [1.29, 1.82) is 0 Å². The van der Waals surface area contributed by atoms with Gasteiger partial charge in [-0.1, -0.05) is 42.5 Å². The Kier molecular flexibility index (Phi) is 2.73. The van der Waals surface area contributed by atoms with Gasteiger partial charge in [-0.2, -0.15) is 0 Å². The summed E-state index contributed by atoms with van der Waals surface area (Å²) in [7, 11) is 0. The number of carbonyl (C=O) groups is 1. The first-order valence-electron chi connectivity index (χ1n) is 6.97. The molecule has 1 heterocycles. The topological polar surface area (TPSA) is 46.5 Å². The van der Waals surface area contributed by atoms with Crippen molar-refractivity contribution in [2.24, 2.45) is 0 Å². The quantitative estimate of drug-likeness (QED) is 0.684. The van der Waals surface area contributed by atoms with Crippen LogP contribution in [0, 0.1) is 0 Å². The second-order valence-corrected chi connectivity index (χ2v) is 5.19. The summed E-state index contributed by atoms with van der Waals surface area (Å²) in [5, 5.41) is 11.4. The standard InChI is InChI=1S/C19H12O3/c20-14-6-3-4-12(10-14)11-17-19(21)18-15-7-2-1-5-13(15)8-9-16(18)22-17/h1-11,20H. The summed E-state index contributed by atoms with van der Waals surface area (Å²) in [6, 6.07) is 18.2. The van der Waals surface area contributed by atoms with E-state index in [1.54, 1.807) is 24.3 Å². The average Bonchev–Trinajstić information content (AvgIpc) is 2.84. The van der Waals surface area contributed by atoms with Gasteiger partial charge in [0.1, 0.15) is 11.5 Å². The molecule has 1 aliphatic rings. The molecule has 0 spiro atoms. The van der Waals surface area contributed by atoms with E-state index in [2.05, 4.69) is 0 Å². The van der Waals surface area contributed by atoms with Gasteiger partial charge in [0.05, 0.1) is 5.56 Å². The third-order valence-electron chi connectivity index (χ3n) is 3.73. The number of ketones is 1. The summed E-state index contributed by atoms with van der Waals surface area (Å²) >= 11 is 0. The molecular weight excluding hydrogens is 276 g/mol. The van der Waals surface area contributed by atoms with E-state index in [0.717, 1.165) is 16.3 Å². The Hall–Kier alpha value is -3.07. The fourth-order valence-corrected chi connectivity index (χ4v) is 2.72. The van der Waals surface area contributed by atoms with E-state index < -0.39 is 0 Å². The van der Waals surface area contributed by atoms with Crippen LogP contribution in [-0.4, -0.2) is 10.9 Å². The van der Waals surface area contributed by atoms with E-state index in [1.807, 2.05) is 42.5 Å². The Morgan fingerprint density at radius 2 is 1.82 bits per heavy atom. The van der Waals surface area contributed by atoms with E-state index in [4.69, 9.17) is 4.74 Å². The van der Waals surface area contributed by atoms with Gasteiger partial charge in [0.15, 0.2) is 5.76 Å². The van der Waals surface area contributed by atoms with Gasteiger partial charge in [-0.05, 0) is 40.6 Å². The van der Waals surface area contributed by atoms with Crippen molar-refractivity contribution in [3.05, 3.63) is 77.5 Å². The predicted octanol–water partition coefficient (Wildman–Crippen LogP) is 4.16. The summed E-state index contributed by atoms with van der Waals surface area (Å²) in [5.41, 5.74) is 1.32. The van der Waals surface area contributed by atoms with E-state index in [1.165, 1.54) is 0 Å². The van der Waals surface area contributed by atoms with Crippen LogP contribution in [-0.2, 0) is 0 Å². The molecule has 0 fully saturated rings. The molecule has 1 N–H and O–H groups in total. The molecule has 1 aliphatic heterocycles. The number of Topliss-reactive ketones (excluding diaryl/α,β-unsaturated/α-hetero) is 1. The van der Waals surface area contributed by atoms with Gasteiger partial charge < -0.3 is 9.84 Å². The monoisotopic (exact) mass is 288 g/mol. The summed E-state index contributed by atoms with van der Waals surface area (Å²) in [6.45, 7) is 0. The molecule has 0 unspecified atom stereocenters. The summed E-state index contributed by atoms with van der Waals surface area (Å²) in [6.07, 6.45) is 1.65. The van der Waals surface area contributed by atoms with Gasteiger partial charge in [0.2, 0.25) is 5.78 Å². The lowest BCUT2D eigenvalue weighted by atomic mass is 10.0. The minimum absolute atomic E-state index is 0.129. The number of phenols is 1. The SMILES string of the molecule is O=C1C(=Cc2cccc(O)c2)Oc2ccc3ccccc3c21. The summed E-state index contributed by atoms with van der Waals surface area (Å²) < 4.78 is 5.70. The molecule has 0 aromatic heterocycles. The zero-order valence-corrected chi connectivity index (χ0v) is 11.6. The van der Waals surface area contributed by atoms with Crippen LogP contribution in [0.2, 0.25) is 0 Å². The molecule has 0 bridgehead atoms. The van der Waals surface area contributed by atoms with Crippen LogP contribution in [0.3, 0.4) is 0 Å². The molecule has 0 saturated carbocycles. The number of rotatable bonds is 1. The highest BCUT2D eigenvalue weighted by Gasteiger charge is 2.29. The fourth-order valence-electron chi connectivity index (χ4n) is 2.72. The van der Waals surface area contributed by atoms with Gasteiger partial charge in [-0.15, -0.1) is 0 Å². The molecule has 0 aliphatic carbocycles. The molecular formula is C19H12O3. The number of phenolic OH excluding ortho intramolecular Hbond substituents is 1. The zero-order chi connectivity index (χ0) is 15.1. The summed E-state index contributed by atoms with van der Waals surface area (Å²) in [5.74, 6) is 0.880. The van der Waals surface area contributed by atoms with E-state index in [0.29, 0.717) is 11.3 Å². The zero-order valence-electron chi connectivity index (χ0n) is 11.6. The van der Waals surface area contributed by atoms with Crippen LogP contribution in [0.1, 0.15) is 15.9 Å². The van der Waals surface area contributed by atoms with Gasteiger partial charge >= 0.3 is 0 Å². The van der Waals surface area contributed by atoms with Crippen molar-refractivity contribution in [3.63, 3.8) is 0 Å². The molecule has 0 saturated heterocycles. The highest BCUT2D eigenvalue weighted by Crippen LogP contribution is 2.37. The number of carbonyl (C=O) groups excluding carboxylic acids is 1. The maximum atomic E-state index is 12.6. The average molecular weight is 288 g/mol. The van der Waals surface area contributed by atoms with Gasteiger partial charge in [-0.3, -0.25) is 4.79 Å². The second-order valence-electron chi connectivity index (χ2n) is 5.19. The number of ether oxygens (including phenoxy) is 1. The highest BCUT2D eigenvalue weighted by atomic mass is 16.5. The fraction of sp³-hybridized carbons (Fsp3) is 0. The van der Waals surface area contributed by atoms with Crippen LogP contribution in [0.5, 0.6) is 11.5 Å². The van der Waals surface area contributed by atoms with Crippen molar-refractivity contribution in [3.8, 4) is 11.5 Å². The molecule has 3 aromatic rings. The lowest BCUT2D eigenvalue weighted by Crippen LogP contribution is -1.98. The Balaban J connectivity index is 1.84. The van der Waals surface area contributed by atoms with Gasteiger partial charge in [-0.25, -0.2) is 0 Å². The predicted molar refractivity (Wildman–Crippen MR) is 85.0 cm³/mol. The Morgan fingerprint density at radius 3 is 2.68 bits per heavy atom. The number of fused-ring (bicyclic) bond motifs is 3. The van der Waals surface area contributed by atoms with Crippen LogP contribution in [0.4, 0.5) is 0 Å². The molecule has 0 amide bonds. The van der Waals surface area contributed by atoms with Crippen molar-refractivity contribution >= 4 is 22.6 Å². The Morgan fingerprint density at radius 1 is 0.955 bits per heavy atom. The normalized spacial score (nSPS) is 15.1. The van der Waals surface area contributed by atoms with E-state index in [9.17, 15) is 9.90 Å². The minimum atomic E-state index is -0.129. The van der Waals surface area contributed by atoms with E-state index in [-0.39, 0.29) is 17.3 Å². The molecule has 3 nitrogen and oxygen atoms in total. The second kappa shape index (κ2) is 4.74. The molecule has 106 valence electrons. The van der Waals surface area contributed by atoms with Crippen molar-refractivity contribution in [2.45, 2.75) is 0 Å². The van der Waals surface area contributed by atoms with Crippen LogP contribution < -0.4 is 4.74 Å². The lowest BCUT2D eigenvalue weighted by molar-refractivity contribution is 0.101. The Labute approximate surface area is 127 Å². The highest BCUT2D eigenvalue weighted by molar-refractivity contribution is 6.21. The minimum Gasteiger partial charge on any atom is -0.508 e. The van der Waals surface area contributed by atoms with Crippen LogP contribution in [0.25, 0.3) is 16.8 Å². The third-order valence-corrected chi connectivity index (χ3v) is 3.73. The number of allylic oxidation sites excluding steroid dienone is 1. The molecule has 3 heteroatoms. The first-order chi connectivity index (χ1) is 10.7. The van der Waals surface area contributed by atoms with Gasteiger partial charge in [0.25, 0.3) is 0 Å². The number of aromatic hydroxyl groups is 1. The van der Waals surface area contributed by atoms with E-state index >= 15 is 0 Å².